The summed E-state index contributed by atoms with van der Waals surface area (Å²) in [6.45, 7) is 1.89. The van der Waals surface area contributed by atoms with E-state index < -0.39 is 28.7 Å². The van der Waals surface area contributed by atoms with Crippen molar-refractivity contribution in [2.45, 2.75) is 55.9 Å². The molecule has 3 N–H and O–H groups in total. The van der Waals surface area contributed by atoms with Gasteiger partial charge >= 0.3 is 5.97 Å². The van der Waals surface area contributed by atoms with Crippen LogP contribution in [-0.2, 0) is 38.9 Å². The van der Waals surface area contributed by atoms with Gasteiger partial charge in [0.1, 0.15) is 10.9 Å². The number of carboxylic acid groups (broad SMARTS) is 1. The molecule has 0 spiro atoms. The van der Waals surface area contributed by atoms with Crippen molar-refractivity contribution >= 4 is 49.1 Å². The first-order valence-corrected chi connectivity index (χ1v) is 17.8. The van der Waals surface area contributed by atoms with Crippen LogP contribution >= 0.6 is 11.3 Å². The molecule has 10 nitrogen and oxygen atoms in total. The van der Waals surface area contributed by atoms with Gasteiger partial charge in [-0.25, -0.2) is 13.4 Å². The molecule has 2 aliphatic rings. The number of nitrogens with zero attached hydrogens (tertiary/aromatic N) is 3. The third-order valence-corrected chi connectivity index (χ3v) is 11.2. The number of halogens is 1. The van der Waals surface area contributed by atoms with Crippen LogP contribution < -0.4 is 10.0 Å². The van der Waals surface area contributed by atoms with Crippen molar-refractivity contribution < 1.29 is 27.5 Å². The maximum Gasteiger partial charge on any atom is 0.303 e. The van der Waals surface area contributed by atoms with Gasteiger partial charge in [-0.2, -0.15) is 4.72 Å². The summed E-state index contributed by atoms with van der Waals surface area (Å²) in [6.07, 6.45) is 2.60. The number of carbonyl (C=O) groups excluding carboxylic acids is 1. The number of benzene rings is 2. The largest absolute Gasteiger partial charge is 0.481 e. The quantitative estimate of drug-likeness (QED) is 0.252. The Morgan fingerprint density at radius 3 is 2.64 bits per heavy atom. The molecular formula is C32H42FN5O5S2. The van der Waals surface area contributed by atoms with E-state index in [4.69, 9.17) is 0 Å². The second kappa shape index (κ2) is 14.5. The van der Waals surface area contributed by atoms with Crippen LogP contribution in [-0.4, -0.2) is 93.2 Å². The lowest BCUT2D eigenvalue weighted by Crippen LogP contribution is -2.51. The molecule has 3 heterocycles. The van der Waals surface area contributed by atoms with E-state index in [1.807, 2.05) is 44.4 Å². The SMILES string of the molecule is CN(C)CC1CNc2c(cc(CCC(=O)O)cc2S(=O)(=O)N[C@@H](Cc2nc3ccccc3s2)C(=O)N2CCC(CCF)CC2)C1. The Hall–Kier alpha value is -3.13. The normalized spacial score (nSPS) is 18.1. The van der Waals surface area contributed by atoms with Gasteiger partial charge in [-0.15, -0.1) is 11.3 Å². The Morgan fingerprint density at radius 1 is 1.20 bits per heavy atom. The molecule has 0 saturated carbocycles. The molecule has 5 rings (SSSR count). The summed E-state index contributed by atoms with van der Waals surface area (Å²) >= 11 is 1.43. The summed E-state index contributed by atoms with van der Waals surface area (Å²) in [4.78, 5) is 33.8. The van der Waals surface area contributed by atoms with Crippen LogP contribution in [0.3, 0.4) is 0 Å². The Balaban J connectivity index is 1.47. The number of carboxylic acids is 1. The van der Waals surface area contributed by atoms with Crippen molar-refractivity contribution in [2.24, 2.45) is 11.8 Å². The van der Waals surface area contributed by atoms with Crippen molar-refractivity contribution in [3.05, 3.63) is 52.5 Å². The molecule has 45 heavy (non-hydrogen) atoms. The molecule has 0 aliphatic carbocycles. The number of rotatable bonds is 13. The number of hydrogen-bond acceptors (Lipinski definition) is 8. The number of sulfonamides is 1. The van der Waals surface area contributed by atoms with E-state index in [0.29, 0.717) is 61.6 Å². The van der Waals surface area contributed by atoms with Gasteiger partial charge in [0.15, 0.2) is 0 Å². The second-order valence-electron chi connectivity index (χ2n) is 12.4. The lowest BCUT2D eigenvalue weighted by atomic mass is 9.91. The fourth-order valence-electron chi connectivity index (χ4n) is 6.41. The van der Waals surface area contributed by atoms with Gasteiger partial charge in [0.05, 0.1) is 27.6 Å². The van der Waals surface area contributed by atoms with Gasteiger partial charge in [-0.3, -0.25) is 14.0 Å². The van der Waals surface area contributed by atoms with Crippen LogP contribution in [0, 0.1) is 11.8 Å². The van der Waals surface area contributed by atoms with Crippen LogP contribution in [0.5, 0.6) is 0 Å². The fraction of sp³-hybridized carbons (Fsp3) is 0.531. The Bertz CT molecular complexity index is 1590. The van der Waals surface area contributed by atoms with Gasteiger partial charge in [-0.05, 0) is 87.4 Å². The van der Waals surface area contributed by atoms with Gasteiger partial charge in [0.25, 0.3) is 0 Å². The minimum Gasteiger partial charge on any atom is -0.481 e. The molecule has 1 aromatic heterocycles. The van der Waals surface area contributed by atoms with Gasteiger partial charge in [0, 0.05) is 39.0 Å². The summed E-state index contributed by atoms with van der Waals surface area (Å²) in [5.74, 6) is -0.831. The summed E-state index contributed by atoms with van der Waals surface area (Å²) < 4.78 is 45.1. The van der Waals surface area contributed by atoms with Crippen LogP contribution in [0.2, 0.25) is 0 Å². The lowest BCUT2D eigenvalue weighted by molar-refractivity contribution is -0.137. The molecule has 3 aromatic rings. The first kappa shape index (κ1) is 33.2. The van der Waals surface area contributed by atoms with E-state index in [2.05, 4.69) is 19.9 Å². The third-order valence-electron chi connectivity index (χ3n) is 8.62. The second-order valence-corrected chi connectivity index (χ2v) is 15.2. The molecule has 0 radical (unpaired) electrons. The summed E-state index contributed by atoms with van der Waals surface area (Å²) in [6, 6.07) is 9.95. The molecule has 1 saturated heterocycles. The number of carbonyl (C=O) groups is 2. The first-order valence-electron chi connectivity index (χ1n) is 15.5. The lowest BCUT2D eigenvalue weighted by Gasteiger charge is -2.34. The van der Waals surface area contributed by atoms with Crippen molar-refractivity contribution in [3.63, 3.8) is 0 Å². The molecule has 2 atom stereocenters. The van der Waals surface area contributed by atoms with Crippen molar-refractivity contribution in [1.82, 2.24) is 19.5 Å². The number of alkyl halides is 1. The van der Waals surface area contributed by atoms with Gasteiger partial charge < -0.3 is 20.2 Å². The molecule has 2 aromatic carbocycles. The first-order chi connectivity index (χ1) is 21.5. The van der Waals surface area contributed by atoms with Crippen LogP contribution in [0.25, 0.3) is 10.2 Å². The number of aromatic nitrogens is 1. The molecule has 244 valence electrons. The number of likely N-dealkylation sites (tertiary alicyclic amines) is 1. The maximum atomic E-state index is 14.2. The number of anilines is 1. The molecule has 1 fully saturated rings. The Morgan fingerprint density at radius 2 is 1.96 bits per heavy atom. The number of piperidine rings is 1. The summed E-state index contributed by atoms with van der Waals surface area (Å²) in [5, 5.41) is 13.3. The van der Waals surface area contributed by atoms with Crippen molar-refractivity contribution in [3.8, 4) is 0 Å². The van der Waals surface area contributed by atoms with E-state index in [0.717, 1.165) is 22.3 Å². The number of amides is 1. The average molecular weight is 660 g/mol. The molecule has 13 heteroatoms. The smallest absolute Gasteiger partial charge is 0.303 e. The highest BCUT2D eigenvalue weighted by Crippen LogP contribution is 2.34. The van der Waals surface area contributed by atoms with E-state index >= 15 is 0 Å². The Labute approximate surface area is 268 Å². The van der Waals surface area contributed by atoms with Crippen molar-refractivity contribution in [1.29, 1.82) is 0 Å². The van der Waals surface area contributed by atoms with E-state index in [9.17, 15) is 27.5 Å². The third kappa shape index (κ3) is 8.37. The Kier molecular flexibility index (Phi) is 10.7. The number of aryl methyl sites for hydroxylation is 1. The zero-order valence-corrected chi connectivity index (χ0v) is 27.4. The zero-order chi connectivity index (χ0) is 32.1. The number of thiazole rings is 1. The van der Waals surface area contributed by atoms with E-state index in [1.54, 1.807) is 4.90 Å². The molecular weight excluding hydrogens is 618 g/mol. The minimum atomic E-state index is -4.25. The maximum absolute atomic E-state index is 14.2. The predicted octanol–water partition coefficient (Wildman–Crippen LogP) is 3.95. The minimum absolute atomic E-state index is 0.0208. The predicted molar refractivity (Wildman–Crippen MR) is 174 cm³/mol. The van der Waals surface area contributed by atoms with Crippen LogP contribution in [0.15, 0.2) is 41.3 Å². The number of hydrogen-bond donors (Lipinski definition) is 3. The van der Waals surface area contributed by atoms with E-state index in [1.165, 1.54) is 17.4 Å². The number of nitrogens with one attached hydrogen (secondary N) is 2. The summed E-state index contributed by atoms with van der Waals surface area (Å²) in [5.41, 5.74) is 2.72. The highest BCUT2D eigenvalue weighted by atomic mass is 32.2. The average Bonchev–Trinajstić information content (AvgIpc) is 3.41. The highest BCUT2D eigenvalue weighted by molar-refractivity contribution is 7.89. The van der Waals surface area contributed by atoms with Gasteiger partial charge in [0.2, 0.25) is 15.9 Å². The van der Waals surface area contributed by atoms with Crippen LogP contribution in [0.4, 0.5) is 10.1 Å². The monoisotopic (exact) mass is 659 g/mol. The standard InChI is InChI=1S/C32H42FN5O5S2/c1-37(2)20-23-16-24-15-22(7-8-30(39)40)17-28(31(24)34-19-23)45(42,43)36-26(18-29-35-25-5-3-4-6-27(25)44-29)32(41)38-13-10-21(9-12-33)11-14-38/h3-6,15,17,21,23,26,34,36H,7-14,16,18-20H2,1-2H3,(H,39,40)/t23?,26-/m0/s1. The number of fused-ring (bicyclic) bond motifs is 2. The van der Waals surface area contributed by atoms with Gasteiger partial charge in [-0.1, -0.05) is 18.2 Å². The zero-order valence-electron chi connectivity index (χ0n) is 25.8. The molecule has 1 unspecified atom stereocenters. The molecule has 2 aliphatic heterocycles. The molecule has 1 amide bonds. The van der Waals surface area contributed by atoms with E-state index in [-0.39, 0.29) is 41.9 Å². The highest BCUT2D eigenvalue weighted by Gasteiger charge is 2.35. The number of aliphatic carboxylic acids is 1. The van der Waals surface area contributed by atoms with Crippen molar-refractivity contribution in [2.75, 3.05) is 52.3 Å². The topological polar surface area (TPSA) is 132 Å². The number of para-hydroxylation sites is 1. The molecule has 0 bridgehead atoms. The fourth-order valence-corrected chi connectivity index (χ4v) is 8.89. The van der Waals surface area contributed by atoms with Crippen LogP contribution in [0.1, 0.15) is 41.8 Å². The summed E-state index contributed by atoms with van der Waals surface area (Å²) in [7, 11) is -0.265.